The zero-order chi connectivity index (χ0) is 18.2. The molecule has 0 aliphatic rings. The fraction of sp³-hybridized carbons (Fsp3) is 0.278. The van der Waals surface area contributed by atoms with Gasteiger partial charge in [0.05, 0.1) is 11.5 Å². The largest absolute Gasteiger partial charge is 0.383 e. The van der Waals surface area contributed by atoms with Crippen molar-refractivity contribution in [3.8, 4) is 0 Å². The van der Waals surface area contributed by atoms with Gasteiger partial charge < -0.3 is 16.4 Å². The number of halogens is 1. The van der Waals surface area contributed by atoms with Gasteiger partial charge in [0.25, 0.3) is 5.69 Å². The maximum absolute atomic E-state index is 10.6. The molecule has 0 amide bonds. The molecule has 7 nitrogen and oxygen atoms in total. The van der Waals surface area contributed by atoms with Crippen molar-refractivity contribution in [2.24, 2.45) is 10.7 Å². The van der Waals surface area contributed by atoms with Gasteiger partial charge in [0, 0.05) is 30.1 Å². The zero-order valence-corrected chi connectivity index (χ0v) is 17.1. The van der Waals surface area contributed by atoms with Crippen LogP contribution in [-0.4, -0.2) is 24.0 Å². The van der Waals surface area contributed by atoms with Crippen LogP contribution < -0.4 is 16.4 Å². The van der Waals surface area contributed by atoms with Gasteiger partial charge in [-0.25, -0.2) is 0 Å². The molecule has 0 saturated heterocycles. The van der Waals surface area contributed by atoms with Crippen molar-refractivity contribution in [3.05, 3.63) is 64.2 Å². The van der Waals surface area contributed by atoms with Crippen LogP contribution >= 0.6 is 24.0 Å². The number of hydrogen-bond donors (Lipinski definition) is 3. The fourth-order valence-corrected chi connectivity index (χ4v) is 2.24. The molecule has 0 radical (unpaired) electrons. The maximum atomic E-state index is 10.6. The highest BCUT2D eigenvalue weighted by Gasteiger charge is 2.03. The lowest BCUT2D eigenvalue weighted by molar-refractivity contribution is -0.384. The number of nitro benzene ring substituents is 1. The molecule has 0 aromatic heterocycles. The standard InChI is InChI=1S/C18H23N5O2.HI/c1-13(2)14-4-3-5-16(12-14)22-18(19)21-11-10-20-15-6-8-17(9-7-15)23(24)25;/h3-9,12-13,20H,10-11H2,1-2H3,(H3,19,21,22);1H. The number of nitrogens with one attached hydrogen (secondary N) is 2. The third-order valence-electron chi connectivity index (χ3n) is 3.63. The van der Waals surface area contributed by atoms with E-state index < -0.39 is 4.92 Å². The Morgan fingerprint density at radius 1 is 1.19 bits per heavy atom. The summed E-state index contributed by atoms with van der Waals surface area (Å²) >= 11 is 0. The number of non-ortho nitro benzene ring substituents is 1. The molecule has 0 spiro atoms. The molecule has 2 rings (SSSR count). The van der Waals surface area contributed by atoms with Gasteiger partial charge in [0.2, 0.25) is 0 Å². The van der Waals surface area contributed by atoms with E-state index in [4.69, 9.17) is 5.73 Å². The monoisotopic (exact) mass is 469 g/mol. The number of nitrogens with zero attached hydrogens (tertiary/aromatic N) is 2. The number of nitrogens with two attached hydrogens (primary N) is 1. The highest BCUT2D eigenvalue weighted by Crippen LogP contribution is 2.18. The number of hydrogen-bond acceptors (Lipinski definition) is 4. The quantitative estimate of drug-likeness (QED) is 0.141. The highest BCUT2D eigenvalue weighted by molar-refractivity contribution is 14.0. The summed E-state index contributed by atoms with van der Waals surface area (Å²) in [5, 5.41) is 16.8. The molecule has 2 aromatic rings. The van der Waals surface area contributed by atoms with Crippen LogP contribution in [0.25, 0.3) is 0 Å². The fourth-order valence-electron chi connectivity index (χ4n) is 2.24. The second-order valence-electron chi connectivity index (χ2n) is 5.90. The van der Waals surface area contributed by atoms with Gasteiger partial charge in [-0.05, 0) is 35.7 Å². The first-order chi connectivity index (χ1) is 12.0. The SMILES string of the molecule is CC(C)c1cccc(NC(N)=NCCNc2ccc([N+](=O)[O-])cc2)c1.I. The molecule has 140 valence electrons. The number of guanidine groups is 1. The highest BCUT2D eigenvalue weighted by atomic mass is 127. The van der Waals surface area contributed by atoms with E-state index in [1.165, 1.54) is 17.7 Å². The van der Waals surface area contributed by atoms with E-state index in [-0.39, 0.29) is 29.7 Å². The van der Waals surface area contributed by atoms with Crippen LogP contribution in [-0.2, 0) is 0 Å². The molecular weight excluding hydrogens is 445 g/mol. The molecule has 0 aliphatic heterocycles. The first kappa shape index (κ1) is 21.7. The summed E-state index contributed by atoms with van der Waals surface area (Å²) in [7, 11) is 0. The van der Waals surface area contributed by atoms with E-state index >= 15 is 0 Å². The van der Waals surface area contributed by atoms with E-state index in [1.54, 1.807) is 12.1 Å². The van der Waals surface area contributed by atoms with Crippen LogP contribution in [0.1, 0.15) is 25.3 Å². The van der Waals surface area contributed by atoms with Crippen LogP contribution in [0.4, 0.5) is 17.1 Å². The Morgan fingerprint density at radius 3 is 2.50 bits per heavy atom. The molecule has 0 bridgehead atoms. The third kappa shape index (κ3) is 6.87. The number of nitro groups is 1. The van der Waals surface area contributed by atoms with Gasteiger partial charge in [0.1, 0.15) is 0 Å². The summed E-state index contributed by atoms with van der Waals surface area (Å²) in [4.78, 5) is 14.4. The summed E-state index contributed by atoms with van der Waals surface area (Å²) < 4.78 is 0. The molecule has 8 heteroatoms. The van der Waals surface area contributed by atoms with E-state index in [1.807, 2.05) is 12.1 Å². The summed E-state index contributed by atoms with van der Waals surface area (Å²) in [6.45, 7) is 5.34. The van der Waals surface area contributed by atoms with Crippen LogP contribution in [0.3, 0.4) is 0 Å². The van der Waals surface area contributed by atoms with Gasteiger partial charge in [-0.2, -0.15) is 0 Å². The minimum absolute atomic E-state index is 0. The van der Waals surface area contributed by atoms with Crippen LogP contribution in [0, 0.1) is 10.1 Å². The van der Waals surface area contributed by atoms with Crippen molar-refractivity contribution < 1.29 is 4.92 Å². The number of benzene rings is 2. The molecule has 26 heavy (non-hydrogen) atoms. The lowest BCUT2D eigenvalue weighted by Gasteiger charge is -2.10. The Hall–Kier alpha value is -2.36. The summed E-state index contributed by atoms with van der Waals surface area (Å²) in [6, 6.07) is 14.3. The van der Waals surface area contributed by atoms with Crippen LogP contribution in [0.5, 0.6) is 0 Å². The van der Waals surface area contributed by atoms with Crippen LogP contribution in [0.2, 0.25) is 0 Å². The molecular formula is C18H24IN5O2. The van der Waals surface area contributed by atoms with Crippen LogP contribution in [0.15, 0.2) is 53.5 Å². The van der Waals surface area contributed by atoms with Crippen molar-refractivity contribution in [1.29, 1.82) is 0 Å². The van der Waals surface area contributed by atoms with Crippen molar-refractivity contribution in [2.75, 3.05) is 23.7 Å². The Bertz CT molecular complexity index is 748. The lowest BCUT2D eigenvalue weighted by Crippen LogP contribution is -2.23. The topological polar surface area (TPSA) is 106 Å². The lowest BCUT2D eigenvalue weighted by atomic mass is 10.0. The van der Waals surface area contributed by atoms with E-state index in [0.29, 0.717) is 25.0 Å². The average Bonchev–Trinajstić information content (AvgIpc) is 2.59. The van der Waals surface area contributed by atoms with E-state index in [9.17, 15) is 10.1 Å². The second kappa shape index (κ2) is 10.6. The molecule has 0 fully saturated rings. The van der Waals surface area contributed by atoms with Crippen molar-refractivity contribution in [1.82, 2.24) is 0 Å². The van der Waals surface area contributed by atoms with E-state index in [0.717, 1.165) is 11.4 Å². The van der Waals surface area contributed by atoms with Crippen molar-refractivity contribution in [3.63, 3.8) is 0 Å². The van der Waals surface area contributed by atoms with Crippen molar-refractivity contribution in [2.45, 2.75) is 19.8 Å². The minimum Gasteiger partial charge on any atom is -0.383 e. The summed E-state index contributed by atoms with van der Waals surface area (Å²) in [5.74, 6) is 0.803. The first-order valence-electron chi connectivity index (χ1n) is 8.11. The van der Waals surface area contributed by atoms with Crippen molar-refractivity contribution >= 4 is 47.0 Å². The smallest absolute Gasteiger partial charge is 0.269 e. The predicted molar refractivity (Wildman–Crippen MR) is 118 cm³/mol. The summed E-state index contributed by atoms with van der Waals surface area (Å²) in [6.07, 6.45) is 0. The zero-order valence-electron chi connectivity index (χ0n) is 14.8. The van der Waals surface area contributed by atoms with Gasteiger partial charge in [-0.15, -0.1) is 24.0 Å². The van der Waals surface area contributed by atoms with Gasteiger partial charge in [-0.1, -0.05) is 26.0 Å². The minimum atomic E-state index is -0.422. The number of aliphatic imine (C=N–C) groups is 1. The normalized spacial score (nSPS) is 11.0. The van der Waals surface area contributed by atoms with E-state index in [2.05, 4.69) is 41.6 Å². The molecule has 4 N–H and O–H groups in total. The number of rotatable bonds is 7. The van der Waals surface area contributed by atoms with Gasteiger partial charge >= 0.3 is 0 Å². The summed E-state index contributed by atoms with van der Waals surface area (Å²) in [5.41, 5.74) is 8.92. The average molecular weight is 469 g/mol. The second-order valence-corrected chi connectivity index (χ2v) is 5.90. The Labute approximate surface area is 170 Å². The molecule has 0 aliphatic carbocycles. The molecule has 0 unspecified atom stereocenters. The maximum Gasteiger partial charge on any atom is 0.269 e. The predicted octanol–water partition coefficient (Wildman–Crippen LogP) is 4.17. The molecule has 0 atom stereocenters. The number of anilines is 2. The van der Waals surface area contributed by atoms with Gasteiger partial charge in [0.15, 0.2) is 5.96 Å². The molecule has 0 heterocycles. The third-order valence-corrected chi connectivity index (χ3v) is 3.63. The Morgan fingerprint density at radius 2 is 1.88 bits per heavy atom. The molecule has 0 saturated carbocycles. The first-order valence-corrected chi connectivity index (χ1v) is 8.11. The Kier molecular flexibility index (Phi) is 8.83. The van der Waals surface area contributed by atoms with Gasteiger partial charge in [-0.3, -0.25) is 15.1 Å². The Balaban J connectivity index is 0.00000338. The molecule has 2 aromatic carbocycles.